The third-order valence-electron chi connectivity index (χ3n) is 2.05. The zero-order valence-electron chi connectivity index (χ0n) is 9.47. The zero-order valence-corrected chi connectivity index (χ0v) is 9.47. The number of aromatic nitrogens is 3. The third-order valence-corrected chi connectivity index (χ3v) is 2.05. The van der Waals surface area contributed by atoms with Crippen LogP contribution in [0.1, 0.15) is 11.4 Å². The molecule has 0 spiro atoms. The summed E-state index contributed by atoms with van der Waals surface area (Å²) in [4.78, 5) is 10.8. The molecule has 0 aromatic carbocycles. The molecule has 0 aliphatic rings. The fourth-order valence-electron chi connectivity index (χ4n) is 1.32. The number of hydrogen-bond donors (Lipinski definition) is 1. The van der Waals surface area contributed by atoms with E-state index in [0.717, 1.165) is 5.69 Å². The number of hydrogen-bond acceptors (Lipinski definition) is 5. The van der Waals surface area contributed by atoms with E-state index < -0.39 is 5.91 Å². The van der Waals surface area contributed by atoms with Gasteiger partial charge >= 0.3 is 0 Å². The van der Waals surface area contributed by atoms with Crippen molar-refractivity contribution in [1.29, 1.82) is 0 Å². The summed E-state index contributed by atoms with van der Waals surface area (Å²) in [7, 11) is 3.18. The molecule has 0 radical (unpaired) electrons. The lowest BCUT2D eigenvalue weighted by molar-refractivity contribution is -0.117. The number of ether oxygens (including phenoxy) is 2. The van der Waals surface area contributed by atoms with Gasteiger partial charge in [0.05, 0.1) is 37.6 Å². The maximum Gasteiger partial charge on any atom is 0.223 e. The van der Waals surface area contributed by atoms with Crippen molar-refractivity contribution in [3.8, 4) is 0 Å². The van der Waals surface area contributed by atoms with E-state index in [1.165, 1.54) is 0 Å². The molecule has 16 heavy (non-hydrogen) atoms. The smallest absolute Gasteiger partial charge is 0.223 e. The summed E-state index contributed by atoms with van der Waals surface area (Å²) in [5.74, 6) is -0.434. The molecule has 1 amide bonds. The molecule has 0 unspecified atom stereocenters. The second kappa shape index (κ2) is 6.19. The van der Waals surface area contributed by atoms with Gasteiger partial charge in [0.1, 0.15) is 0 Å². The van der Waals surface area contributed by atoms with E-state index in [1.807, 2.05) is 0 Å². The summed E-state index contributed by atoms with van der Waals surface area (Å²) in [5, 5.41) is 7.83. The SMILES string of the molecule is COCCn1nnc(CC(N)=O)c1COC. The van der Waals surface area contributed by atoms with Gasteiger partial charge in [-0.05, 0) is 0 Å². The molecule has 1 aromatic heterocycles. The molecule has 90 valence electrons. The summed E-state index contributed by atoms with van der Waals surface area (Å²) in [6.45, 7) is 1.44. The normalized spacial score (nSPS) is 10.6. The van der Waals surface area contributed by atoms with Crippen LogP contribution in [-0.4, -0.2) is 41.7 Å². The molecule has 1 heterocycles. The predicted molar refractivity (Wildman–Crippen MR) is 55.5 cm³/mol. The van der Waals surface area contributed by atoms with Crippen LogP contribution in [0.5, 0.6) is 0 Å². The molecule has 0 aliphatic heterocycles. The highest BCUT2D eigenvalue weighted by Crippen LogP contribution is 2.07. The highest BCUT2D eigenvalue weighted by molar-refractivity contribution is 5.76. The highest BCUT2D eigenvalue weighted by Gasteiger charge is 2.14. The standard InChI is InChI=1S/C9H16N4O3/c1-15-4-3-13-8(6-16-2)7(11-12-13)5-9(10)14/h3-6H2,1-2H3,(H2,10,14). The van der Waals surface area contributed by atoms with Crippen LogP contribution in [0.2, 0.25) is 0 Å². The number of nitrogens with two attached hydrogens (primary N) is 1. The van der Waals surface area contributed by atoms with E-state index >= 15 is 0 Å². The van der Waals surface area contributed by atoms with Crippen molar-refractivity contribution in [2.75, 3.05) is 20.8 Å². The van der Waals surface area contributed by atoms with Crippen molar-refractivity contribution in [1.82, 2.24) is 15.0 Å². The van der Waals surface area contributed by atoms with Crippen molar-refractivity contribution in [2.45, 2.75) is 19.6 Å². The van der Waals surface area contributed by atoms with Crippen LogP contribution in [0.25, 0.3) is 0 Å². The van der Waals surface area contributed by atoms with Crippen LogP contribution in [-0.2, 0) is 33.8 Å². The maximum atomic E-state index is 10.8. The van der Waals surface area contributed by atoms with Gasteiger partial charge in [0, 0.05) is 14.2 Å². The fourth-order valence-corrected chi connectivity index (χ4v) is 1.32. The lowest BCUT2D eigenvalue weighted by atomic mass is 10.2. The summed E-state index contributed by atoms with van der Waals surface area (Å²) in [5.41, 5.74) is 6.44. The van der Waals surface area contributed by atoms with Crippen LogP contribution in [0, 0.1) is 0 Å². The van der Waals surface area contributed by atoms with Crippen LogP contribution in [0.3, 0.4) is 0 Å². The summed E-state index contributed by atoms with van der Waals surface area (Å²) in [6.07, 6.45) is 0.0751. The van der Waals surface area contributed by atoms with Crippen molar-refractivity contribution >= 4 is 5.91 Å². The maximum absolute atomic E-state index is 10.8. The van der Waals surface area contributed by atoms with Gasteiger partial charge in [0.2, 0.25) is 5.91 Å². The van der Waals surface area contributed by atoms with Gasteiger partial charge in [-0.1, -0.05) is 5.21 Å². The van der Waals surface area contributed by atoms with E-state index in [9.17, 15) is 4.79 Å². The number of methoxy groups -OCH3 is 2. The van der Waals surface area contributed by atoms with Gasteiger partial charge in [-0.15, -0.1) is 5.10 Å². The molecular formula is C9H16N4O3. The Morgan fingerprint density at radius 1 is 1.44 bits per heavy atom. The molecule has 0 fully saturated rings. The van der Waals surface area contributed by atoms with Crippen LogP contribution in [0.4, 0.5) is 0 Å². The Morgan fingerprint density at radius 3 is 2.75 bits per heavy atom. The minimum Gasteiger partial charge on any atom is -0.383 e. The van der Waals surface area contributed by atoms with E-state index in [1.54, 1.807) is 18.9 Å². The Labute approximate surface area is 93.5 Å². The number of rotatable bonds is 7. The highest BCUT2D eigenvalue weighted by atomic mass is 16.5. The zero-order chi connectivity index (χ0) is 12.0. The fraction of sp³-hybridized carbons (Fsp3) is 0.667. The second-order valence-corrected chi connectivity index (χ2v) is 3.27. The number of primary amides is 1. The van der Waals surface area contributed by atoms with Crippen molar-refractivity contribution in [3.63, 3.8) is 0 Å². The van der Waals surface area contributed by atoms with Crippen molar-refractivity contribution in [2.24, 2.45) is 5.73 Å². The van der Waals surface area contributed by atoms with Gasteiger partial charge in [-0.3, -0.25) is 4.79 Å². The largest absolute Gasteiger partial charge is 0.383 e. The van der Waals surface area contributed by atoms with E-state index in [2.05, 4.69) is 10.3 Å². The molecule has 2 N–H and O–H groups in total. The molecule has 1 aromatic rings. The molecule has 0 atom stereocenters. The number of amides is 1. The molecule has 1 rings (SSSR count). The molecule has 0 aliphatic carbocycles. The van der Waals surface area contributed by atoms with Gasteiger partial charge in [-0.2, -0.15) is 0 Å². The Bertz CT molecular complexity index is 351. The van der Waals surface area contributed by atoms with Crippen molar-refractivity contribution in [3.05, 3.63) is 11.4 Å². The lowest BCUT2D eigenvalue weighted by Gasteiger charge is -2.05. The first-order chi connectivity index (χ1) is 7.69. The second-order valence-electron chi connectivity index (χ2n) is 3.27. The van der Waals surface area contributed by atoms with Crippen LogP contribution >= 0.6 is 0 Å². The summed E-state index contributed by atoms with van der Waals surface area (Å²) >= 11 is 0. The Hall–Kier alpha value is -1.47. The predicted octanol–water partition coefficient (Wildman–Crippen LogP) is -0.901. The van der Waals surface area contributed by atoms with E-state index in [0.29, 0.717) is 25.5 Å². The first kappa shape index (κ1) is 12.6. The first-order valence-corrected chi connectivity index (χ1v) is 4.86. The van der Waals surface area contributed by atoms with E-state index in [4.69, 9.17) is 15.2 Å². The Morgan fingerprint density at radius 2 is 2.19 bits per heavy atom. The molecule has 7 heteroatoms. The third kappa shape index (κ3) is 3.28. The monoisotopic (exact) mass is 228 g/mol. The molecule has 7 nitrogen and oxygen atoms in total. The van der Waals surface area contributed by atoms with Gasteiger partial charge < -0.3 is 15.2 Å². The van der Waals surface area contributed by atoms with E-state index in [-0.39, 0.29) is 6.42 Å². The van der Waals surface area contributed by atoms with Gasteiger partial charge in [0.15, 0.2) is 0 Å². The molecule has 0 bridgehead atoms. The van der Waals surface area contributed by atoms with Crippen molar-refractivity contribution < 1.29 is 14.3 Å². The van der Waals surface area contributed by atoms with Crippen LogP contribution < -0.4 is 5.73 Å². The molecule has 0 saturated heterocycles. The minimum absolute atomic E-state index is 0.0751. The average Bonchev–Trinajstić information content (AvgIpc) is 2.59. The summed E-state index contributed by atoms with van der Waals surface area (Å²) < 4.78 is 11.6. The Kier molecular flexibility index (Phi) is 4.87. The number of carbonyl (C=O) groups is 1. The minimum atomic E-state index is -0.434. The van der Waals surface area contributed by atoms with Crippen LogP contribution in [0.15, 0.2) is 0 Å². The molecular weight excluding hydrogens is 212 g/mol. The number of carbonyl (C=O) groups excluding carboxylic acids is 1. The topological polar surface area (TPSA) is 92.3 Å². The van der Waals surface area contributed by atoms with Gasteiger partial charge in [-0.25, -0.2) is 4.68 Å². The number of nitrogens with zero attached hydrogens (tertiary/aromatic N) is 3. The first-order valence-electron chi connectivity index (χ1n) is 4.86. The van der Waals surface area contributed by atoms with Gasteiger partial charge in [0.25, 0.3) is 0 Å². The lowest BCUT2D eigenvalue weighted by Crippen LogP contribution is -2.16. The molecule has 0 saturated carbocycles. The quantitative estimate of drug-likeness (QED) is 0.652. The Balaban J connectivity index is 2.82. The average molecular weight is 228 g/mol. The summed E-state index contributed by atoms with van der Waals surface area (Å²) in [6, 6.07) is 0.